The summed E-state index contributed by atoms with van der Waals surface area (Å²) in [4.78, 5) is 12.1. The summed E-state index contributed by atoms with van der Waals surface area (Å²) < 4.78 is 31.0. The number of hydrazine groups is 1. The molecule has 1 aliphatic heterocycles. The lowest BCUT2D eigenvalue weighted by molar-refractivity contribution is -0.149. The molecule has 1 heterocycles. The Morgan fingerprint density at radius 1 is 1.50 bits per heavy atom. The number of nitrogens with zero attached hydrogens (tertiary/aromatic N) is 1. The number of hydrogen-bond acceptors (Lipinski definition) is 4. The van der Waals surface area contributed by atoms with Gasteiger partial charge in [-0.2, -0.15) is 8.78 Å². The van der Waals surface area contributed by atoms with Gasteiger partial charge >= 0.3 is 11.8 Å². The molecular weight excluding hydrogens is 196 g/mol. The second-order valence-corrected chi connectivity index (χ2v) is 3.07. The number of carbonyl (C=O) groups excluding carboxylic acids is 1. The minimum absolute atomic E-state index is 0.410. The average Bonchev–Trinajstić information content (AvgIpc) is 2.17. The fourth-order valence-electron chi connectivity index (χ4n) is 1.22. The smallest absolute Gasteiger partial charge is 0.338 e. The predicted octanol–water partition coefficient (Wildman–Crippen LogP) is -1.06. The molecule has 1 rings (SSSR count). The number of ether oxygens (including phenoxy) is 1. The number of morpholine rings is 1. The molecule has 0 bridgehead atoms. The van der Waals surface area contributed by atoms with Gasteiger partial charge in [-0.15, -0.1) is 0 Å². The van der Waals surface area contributed by atoms with Gasteiger partial charge in [-0.25, -0.2) is 5.84 Å². The zero-order valence-electron chi connectivity index (χ0n) is 7.63. The zero-order valence-corrected chi connectivity index (χ0v) is 7.63. The van der Waals surface area contributed by atoms with Crippen LogP contribution in [0.15, 0.2) is 0 Å². The topological polar surface area (TPSA) is 67.6 Å². The number of hydrogen-bond donors (Lipinski definition) is 2. The summed E-state index contributed by atoms with van der Waals surface area (Å²) in [5, 5.41) is 0. The Hall–Kier alpha value is -0.790. The van der Waals surface area contributed by atoms with Crippen LogP contribution < -0.4 is 11.3 Å². The van der Waals surface area contributed by atoms with Gasteiger partial charge in [-0.3, -0.25) is 15.1 Å². The van der Waals surface area contributed by atoms with Crippen molar-refractivity contribution in [1.82, 2.24) is 10.3 Å². The second kappa shape index (κ2) is 4.63. The first-order chi connectivity index (χ1) is 6.56. The van der Waals surface area contributed by atoms with E-state index < -0.39 is 18.4 Å². The Morgan fingerprint density at radius 2 is 2.07 bits per heavy atom. The molecule has 0 saturated carbocycles. The van der Waals surface area contributed by atoms with Gasteiger partial charge in [0.25, 0.3) is 0 Å². The molecule has 1 saturated heterocycles. The van der Waals surface area contributed by atoms with Crippen molar-refractivity contribution < 1.29 is 18.3 Å². The van der Waals surface area contributed by atoms with Gasteiger partial charge in [-0.05, 0) is 0 Å². The second-order valence-electron chi connectivity index (χ2n) is 3.07. The van der Waals surface area contributed by atoms with Crippen LogP contribution in [-0.2, 0) is 9.53 Å². The van der Waals surface area contributed by atoms with E-state index in [1.807, 2.05) is 0 Å². The van der Waals surface area contributed by atoms with Crippen LogP contribution in [-0.4, -0.2) is 49.6 Å². The van der Waals surface area contributed by atoms with Crippen molar-refractivity contribution in [3.8, 4) is 0 Å². The molecule has 0 aromatic carbocycles. The highest BCUT2D eigenvalue weighted by Gasteiger charge is 2.40. The van der Waals surface area contributed by atoms with Gasteiger partial charge < -0.3 is 4.74 Å². The average molecular weight is 209 g/mol. The molecule has 1 fully saturated rings. The first kappa shape index (κ1) is 11.3. The van der Waals surface area contributed by atoms with Gasteiger partial charge in [0.1, 0.15) is 0 Å². The minimum atomic E-state index is -3.44. The molecule has 0 atom stereocenters. The van der Waals surface area contributed by atoms with Crippen molar-refractivity contribution >= 4 is 5.91 Å². The molecule has 7 heteroatoms. The molecule has 0 aromatic rings. The van der Waals surface area contributed by atoms with Crippen LogP contribution in [0.3, 0.4) is 0 Å². The number of halogens is 2. The summed E-state index contributed by atoms with van der Waals surface area (Å²) in [6.07, 6.45) is 0. The van der Waals surface area contributed by atoms with Gasteiger partial charge in [0.2, 0.25) is 0 Å². The van der Waals surface area contributed by atoms with Crippen molar-refractivity contribution in [3.63, 3.8) is 0 Å². The van der Waals surface area contributed by atoms with Gasteiger partial charge in [-0.1, -0.05) is 0 Å². The Morgan fingerprint density at radius 3 is 2.57 bits per heavy atom. The molecule has 3 N–H and O–H groups in total. The summed E-state index contributed by atoms with van der Waals surface area (Å²) in [6.45, 7) is 1.04. The van der Waals surface area contributed by atoms with Crippen LogP contribution in [0.1, 0.15) is 0 Å². The number of nitrogens with two attached hydrogens (primary N) is 1. The molecule has 0 aromatic heterocycles. The van der Waals surface area contributed by atoms with E-state index in [0.717, 1.165) is 0 Å². The maximum Gasteiger partial charge on any atom is 0.338 e. The summed E-state index contributed by atoms with van der Waals surface area (Å²) in [5.41, 5.74) is 1.45. The van der Waals surface area contributed by atoms with Crippen molar-refractivity contribution in [1.29, 1.82) is 0 Å². The number of carbonyl (C=O) groups is 1. The fourth-order valence-corrected chi connectivity index (χ4v) is 1.22. The van der Waals surface area contributed by atoms with Gasteiger partial charge in [0.15, 0.2) is 0 Å². The third-order valence-electron chi connectivity index (χ3n) is 1.99. The highest BCUT2D eigenvalue weighted by atomic mass is 19.3. The zero-order chi connectivity index (χ0) is 10.6. The maximum atomic E-state index is 13.0. The van der Waals surface area contributed by atoms with Crippen molar-refractivity contribution in [2.24, 2.45) is 5.84 Å². The summed E-state index contributed by atoms with van der Waals surface area (Å²) >= 11 is 0. The third kappa shape index (κ3) is 2.86. The van der Waals surface area contributed by atoms with E-state index in [9.17, 15) is 13.6 Å². The number of amides is 1. The molecule has 14 heavy (non-hydrogen) atoms. The number of alkyl halides is 2. The maximum absolute atomic E-state index is 13.0. The van der Waals surface area contributed by atoms with E-state index in [1.54, 1.807) is 0 Å². The SMILES string of the molecule is NNC(=O)C(F)(F)CN1CCOCC1. The molecule has 5 nitrogen and oxygen atoms in total. The Kier molecular flexibility index (Phi) is 3.73. The monoisotopic (exact) mass is 209 g/mol. The lowest BCUT2D eigenvalue weighted by atomic mass is 10.2. The van der Waals surface area contributed by atoms with E-state index in [4.69, 9.17) is 4.74 Å². The lowest BCUT2D eigenvalue weighted by Gasteiger charge is -2.29. The highest BCUT2D eigenvalue weighted by Crippen LogP contribution is 2.15. The highest BCUT2D eigenvalue weighted by molar-refractivity contribution is 5.82. The van der Waals surface area contributed by atoms with Crippen LogP contribution in [0.2, 0.25) is 0 Å². The molecule has 0 radical (unpaired) electrons. The van der Waals surface area contributed by atoms with Crippen molar-refractivity contribution in [2.45, 2.75) is 5.92 Å². The molecule has 1 amide bonds. The van der Waals surface area contributed by atoms with E-state index in [1.165, 1.54) is 10.3 Å². The first-order valence-corrected chi connectivity index (χ1v) is 4.25. The van der Waals surface area contributed by atoms with Gasteiger partial charge in [0, 0.05) is 13.1 Å². The van der Waals surface area contributed by atoms with E-state index in [2.05, 4.69) is 5.84 Å². The molecule has 82 valence electrons. The number of nitrogens with one attached hydrogen (secondary N) is 1. The quantitative estimate of drug-likeness (QED) is 0.353. The minimum Gasteiger partial charge on any atom is -0.379 e. The van der Waals surface area contributed by atoms with E-state index >= 15 is 0 Å². The Labute approximate surface area is 80.1 Å². The molecule has 0 spiro atoms. The first-order valence-electron chi connectivity index (χ1n) is 4.25. The molecule has 0 unspecified atom stereocenters. The predicted molar refractivity (Wildman–Crippen MR) is 44.5 cm³/mol. The lowest BCUT2D eigenvalue weighted by Crippen LogP contribution is -2.52. The summed E-state index contributed by atoms with van der Waals surface area (Å²) in [5.74, 6) is -0.253. The third-order valence-corrected chi connectivity index (χ3v) is 1.99. The van der Waals surface area contributed by atoms with Crippen LogP contribution in [0.4, 0.5) is 8.78 Å². The van der Waals surface area contributed by atoms with Crippen LogP contribution in [0.5, 0.6) is 0 Å². The summed E-state index contributed by atoms with van der Waals surface area (Å²) in [6, 6.07) is 0. The largest absolute Gasteiger partial charge is 0.379 e. The van der Waals surface area contributed by atoms with E-state index in [0.29, 0.717) is 26.3 Å². The molecule has 1 aliphatic rings. The van der Waals surface area contributed by atoms with E-state index in [-0.39, 0.29) is 0 Å². The van der Waals surface area contributed by atoms with Crippen LogP contribution in [0.25, 0.3) is 0 Å². The van der Waals surface area contributed by atoms with Gasteiger partial charge in [0.05, 0.1) is 19.8 Å². The standard InChI is InChI=1S/C7H13F2N3O2/c8-7(9,6(13)11-10)5-12-1-3-14-4-2-12/h1-5,10H2,(H,11,13). The fraction of sp³-hybridized carbons (Fsp3) is 0.857. The van der Waals surface area contributed by atoms with Crippen molar-refractivity contribution in [2.75, 3.05) is 32.8 Å². The Balaban J connectivity index is 2.44. The normalized spacial score (nSPS) is 19.4. The van der Waals surface area contributed by atoms with Crippen LogP contribution >= 0.6 is 0 Å². The Bertz CT molecular complexity index is 207. The number of rotatable bonds is 3. The van der Waals surface area contributed by atoms with Crippen molar-refractivity contribution in [3.05, 3.63) is 0 Å². The van der Waals surface area contributed by atoms with Crippen LogP contribution in [0, 0.1) is 0 Å². The summed E-state index contributed by atoms with van der Waals surface area (Å²) in [7, 11) is 0. The molecular formula is C7H13F2N3O2. The molecule has 0 aliphatic carbocycles.